The second-order valence-corrected chi connectivity index (χ2v) is 7.82. The van der Waals surface area contributed by atoms with Gasteiger partial charge in [0.05, 0.1) is 30.2 Å². The third-order valence-corrected chi connectivity index (χ3v) is 4.68. The molecule has 152 valence electrons. The topological polar surface area (TPSA) is 112 Å². The number of nitrogens with zero attached hydrogens (tertiary/aromatic N) is 2. The molecular formula is C18H22FN3O6. The summed E-state index contributed by atoms with van der Waals surface area (Å²) in [4.78, 5) is 27.0. The van der Waals surface area contributed by atoms with E-state index in [-0.39, 0.29) is 42.5 Å². The van der Waals surface area contributed by atoms with E-state index in [4.69, 9.17) is 14.2 Å². The zero-order chi connectivity index (χ0) is 20.7. The maximum Gasteiger partial charge on any atom is 0.415 e. The van der Waals surface area contributed by atoms with Gasteiger partial charge in [-0.15, -0.1) is 0 Å². The van der Waals surface area contributed by atoms with E-state index in [1.165, 1.54) is 0 Å². The van der Waals surface area contributed by atoms with Crippen LogP contribution >= 0.6 is 0 Å². The molecule has 2 aliphatic heterocycles. The van der Waals surface area contributed by atoms with E-state index in [9.17, 15) is 19.3 Å². The molecule has 1 N–H and O–H groups in total. The van der Waals surface area contributed by atoms with Gasteiger partial charge in [0.25, 0.3) is 11.7 Å². The van der Waals surface area contributed by atoms with Crippen molar-refractivity contribution in [1.82, 2.24) is 5.32 Å². The highest BCUT2D eigenvalue weighted by atomic mass is 19.1. The predicted molar refractivity (Wildman–Crippen MR) is 96.4 cm³/mol. The number of hydrogen-bond acceptors (Lipinski definition) is 7. The summed E-state index contributed by atoms with van der Waals surface area (Å²) in [6.07, 6.45) is -1.09. The number of hydrogen-bond donors (Lipinski definition) is 1. The normalized spacial score (nSPS) is 26.7. The van der Waals surface area contributed by atoms with Crippen molar-refractivity contribution in [3.63, 3.8) is 0 Å². The van der Waals surface area contributed by atoms with Crippen molar-refractivity contribution in [3.8, 4) is 0 Å². The summed E-state index contributed by atoms with van der Waals surface area (Å²) in [6, 6.07) is 3.14. The molecule has 0 spiro atoms. The lowest BCUT2D eigenvalue weighted by Gasteiger charge is -2.36. The van der Waals surface area contributed by atoms with Gasteiger partial charge in [-0.3, -0.25) is 10.1 Å². The minimum atomic E-state index is -1.25. The minimum Gasteiger partial charge on any atom is -0.464 e. The summed E-state index contributed by atoms with van der Waals surface area (Å²) in [7, 11) is 0. The SMILES string of the molecule is C[C@H]1OC[C@]2(c3cc([N+](=O)[O-])ccc3F)N=C(NC(=O)OC(C)(C)C)OCC12. The van der Waals surface area contributed by atoms with Crippen LogP contribution in [0.4, 0.5) is 14.9 Å². The maximum absolute atomic E-state index is 14.7. The molecule has 28 heavy (non-hydrogen) atoms. The Balaban J connectivity index is 2.01. The van der Waals surface area contributed by atoms with Crippen molar-refractivity contribution < 1.29 is 28.3 Å². The fourth-order valence-corrected chi connectivity index (χ4v) is 3.39. The average molecular weight is 395 g/mol. The molecule has 1 unspecified atom stereocenters. The number of ether oxygens (including phenoxy) is 3. The Hall–Kier alpha value is -2.75. The van der Waals surface area contributed by atoms with Crippen LogP contribution in [0.5, 0.6) is 0 Å². The van der Waals surface area contributed by atoms with Gasteiger partial charge in [0.15, 0.2) is 0 Å². The van der Waals surface area contributed by atoms with E-state index in [0.29, 0.717) is 0 Å². The van der Waals surface area contributed by atoms with Crippen molar-refractivity contribution >= 4 is 17.8 Å². The number of nitrogens with one attached hydrogen (secondary N) is 1. The molecule has 2 heterocycles. The fraction of sp³-hybridized carbons (Fsp3) is 0.556. The molecule has 1 aromatic rings. The van der Waals surface area contributed by atoms with Crippen LogP contribution in [-0.2, 0) is 19.7 Å². The molecule has 0 saturated carbocycles. The smallest absolute Gasteiger partial charge is 0.415 e. The van der Waals surface area contributed by atoms with E-state index in [0.717, 1.165) is 18.2 Å². The third-order valence-electron chi connectivity index (χ3n) is 4.68. The van der Waals surface area contributed by atoms with Gasteiger partial charge in [-0.05, 0) is 33.8 Å². The predicted octanol–water partition coefficient (Wildman–Crippen LogP) is 2.88. The number of carbonyl (C=O) groups is 1. The van der Waals surface area contributed by atoms with Crippen LogP contribution in [0.15, 0.2) is 23.2 Å². The minimum absolute atomic E-state index is 0.000219. The van der Waals surface area contributed by atoms with Crippen LogP contribution in [0.3, 0.4) is 0 Å². The van der Waals surface area contributed by atoms with Gasteiger partial charge < -0.3 is 14.2 Å². The number of amidine groups is 1. The number of nitro groups is 1. The Morgan fingerprint density at radius 3 is 2.82 bits per heavy atom. The molecule has 10 heteroatoms. The first-order valence-corrected chi connectivity index (χ1v) is 8.80. The molecule has 1 fully saturated rings. The number of non-ortho nitro benzene ring substituents is 1. The highest BCUT2D eigenvalue weighted by molar-refractivity contribution is 5.91. The number of alkyl carbamates (subject to hydrolysis) is 1. The van der Waals surface area contributed by atoms with Gasteiger partial charge in [-0.2, -0.15) is 0 Å². The standard InChI is InChI=1S/C18H22FN3O6/c1-10-13-8-26-15(20-16(23)28-17(2,3)4)21-18(13,9-27-10)12-7-11(22(24)25)5-6-14(12)19/h5-7,10,13H,8-9H2,1-4H3,(H,20,21,23)/t10-,13?,18-/m1/s1. The molecule has 1 saturated heterocycles. The lowest BCUT2D eigenvalue weighted by molar-refractivity contribution is -0.385. The van der Waals surface area contributed by atoms with Crippen LogP contribution in [0.1, 0.15) is 33.3 Å². The summed E-state index contributed by atoms with van der Waals surface area (Å²) in [5.41, 5.74) is -2.20. The first-order chi connectivity index (χ1) is 13.0. The Kier molecular flexibility index (Phi) is 5.00. The van der Waals surface area contributed by atoms with E-state index < -0.39 is 28.0 Å². The fourth-order valence-electron chi connectivity index (χ4n) is 3.39. The number of amides is 1. The monoisotopic (exact) mass is 395 g/mol. The van der Waals surface area contributed by atoms with Crippen molar-refractivity contribution in [2.45, 2.75) is 44.9 Å². The Bertz CT molecular complexity index is 837. The first kappa shape index (κ1) is 20.0. The molecule has 3 atom stereocenters. The van der Waals surface area contributed by atoms with E-state index >= 15 is 0 Å². The summed E-state index contributed by atoms with van der Waals surface area (Å²) >= 11 is 0. The Labute approximate surface area is 161 Å². The van der Waals surface area contributed by atoms with Gasteiger partial charge in [-0.25, -0.2) is 19.5 Å². The molecule has 3 rings (SSSR count). The first-order valence-electron chi connectivity index (χ1n) is 8.80. The van der Waals surface area contributed by atoms with Gasteiger partial charge in [0.2, 0.25) is 0 Å². The average Bonchev–Trinajstić information content (AvgIpc) is 2.90. The Morgan fingerprint density at radius 2 is 2.18 bits per heavy atom. The number of benzene rings is 1. The molecule has 0 aliphatic carbocycles. The van der Waals surface area contributed by atoms with Gasteiger partial charge in [-0.1, -0.05) is 0 Å². The maximum atomic E-state index is 14.7. The molecule has 2 aliphatic rings. The molecule has 0 bridgehead atoms. The largest absolute Gasteiger partial charge is 0.464 e. The molecular weight excluding hydrogens is 373 g/mol. The van der Waals surface area contributed by atoms with E-state index in [1.807, 2.05) is 0 Å². The molecule has 1 aromatic carbocycles. The van der Waals surface area contributed by atoms with Gasteiger partial charge in [0.1, 0.15) is 17.0 Å². The lowest BCUT2D eigenvalue weighted by atomic mass is 9.78. The number of halogens is 1. The van der Waals surface area contributed by atoms with Crippen LogP contribution < -0.4 is 5.32 Å². The zero-order valence-corrected chi connectivity index (χ0v) is 16.0. The van der Waals surface area contributed by atoms with Crippen molar-refractivity contribution in [2.24, 2.45) is 10.9 Å². The van der Waals surface area contributed by atoms with Gasteiger partial charge in [0, 0.05) is 17.7 Å². The van der Waals surface area contributed by atoms with Crippen LogP contribution in [0, 0.1) is 21.8 Å². The highest BCUT2D eigenvalue weighted by Gasteiger charge is 2.54. The van der Waals surface area contributed by atoms with Crippen molar-refractivity contribution in [2.75, 3.05) is 13.2 Å². The summed E-state index contributed by atoms with van der Waals surface area (Å²) in [5, 5.41) is 13.6. The van der Waals surface area contributed by atoms with Gasteiger partial charge >= 0.3 is 6.09 Å². The second-order valence-electron chi connectivity index (χ2n) is 7.82. The number of rotatable bonds is 2. The quantitative estimate of drug-likeness (QED) is 0.609. The van der Waals surface area contributed by atoms with Crippen LogP contribution in [0.2, 0.25) is 0 Å². The summed E-state index contributed by atoms with van der Waals surface area (Å²) in [6.45, 7) is 7.01. The molecule has 1 amide bonds. The van der Waals surface area contributed by atoms with Crippen molar-refractivity contribution in [1.29, 1.82) is 0 Å². The third kappa shape index (κ3) is 3.77. The lowest BCUT2D eigenvalue weighted by Crippen LogP contribution is -2.48. The summed E-state index contributed by atoms with van der Waals surface area (Å²) < 4.78 is 31.1. The van der Waals surface area contributed by atoms with Crippen LogP contribution in [-0.4, -0.2) is 42.0 Å². The Morgan fingerprint density at radius 1 is 1.46 bits per heavy atom. The number of fused-ring (bicyclic) bond motifs is 1. The highest BCUT2D eigenvalue weighted by Crippen LogP contribution is 2.46. The van der Waals surface area contributed by atoms with Crippen molar-refractivity contribution in [3.05, 3.63) is 39.7 Å². The molecule has 0 aromatic heterocycles. The summed E-state index contributed by atoms with van der Waals surface area (Å²) in [5.74, 6) is -1.02. The number of carbonyl (C=O) groups excluding carboxylic acids is 1. The number of aliphatic imine (C=N–C) groups is 1. The van der Waals surface area contributed by atoms with E-state index in [2.05, 4.69) is 10.3 Å². The zero-order valence-electron chi connectivity index (χ0n) is 16.0. The second kappa shape index (κ2) is 7.01. The molecule has 0 radical (unpaired) electrons. The number of nitro benzene ring substituents is 1. The molecule has 9 nitrogen and oxygen atoms in total. The van der Waals surface area contributed by atoms with Crippen LogP contribution in [0.25, 0.3) is 0 Å². The van der Waals surface area contributed by atoms with E-state index in [1.54, 1.807) is 27.7 Å².